The van der Waals surface area contributed by atoms with Crippen molar-refractivity contribution in [3.8, 4) is 0 Å². The van der Waals surface area contributed by atoms with E-state index in [0.717, 1.165) is 0 Å². The molecule has 2 unspecified atom stereocenters. The topological polar surface area (TPSA) is 69.6 Å². The maximum absolute atomic E-state index is 11.8. The van der Waals surface area contributed by atoms with Crippen molar-refractivity contribution in [1.82, 2.24) is 10.2 Å². The van der Waals surface area contributed by atoms with Crippen molar-refractivity contribution in [2.45, 2.75) is 19.4 Å². The Bertz CT molecular complexity index is 475. The Kier molecular flexibility index (Phi) is 4.87. The molecule has 1 aromatic carbocycles. The Morgan fingerprint density at radius 1 is 1.35 bits per heavy atom. The Labute approximate surface area is 118 Å². The Hall–Kier alpha value is -1.72. The number of aliphatic hydroxyl groups is 1. The van der Waals surface area contributed by atoms with Crippen molar-refractivity contribution in [2.75, 3.05) is 19.6 Å². The average Bonchev–Trinajstić information content (AvgIpc) is 2.44. The summed E-state index contributed by atoms with van der Waals surface area (Å²) in [6.45, 7) is 3.51. The number of hydrogen-bond acceptors (Lipinski definition) is 4. The second-order valence-corrected chi connectivity index (χ2v) is 5.31. The van der Waals surface area contributed by atoms with Crippen LogP contribution in [0.2, 0.25) is 0 Å². The number of carbonyl (C=O) groups is 2. The maximum Gasteiger partial charge on any atom is 0.257 e. The predicted molar refractivity (Wildman–Crippen MR) is 75.1 cm³/mol. The van der Waals surface area contributed by atoms with Gasteiger partial charge in [0, 0.05) is 18.7 Å². The van der Waals surface area contributed by atoms with Gasteiger partial charge in [0.05, 0.1) is 12.6 Å². The SMILES string of the molecule is CC1CN(CC(=O)NC(=O)c2ccccc2)CCC1O. The average molecular weight is 276 g/mol. The van der Waals surface area contributed by atoms with Gasteiger partial charge in [-0.2, -0.15) is 0 Å². The normalized spacial score (nSPS) is 23.3. The van der Waals surface area contributed by atoms with E-state index in [2.05, 4.69) is 5.32 Å². The van der Waals surface area contributed by atoms with Crippen LogP contribution in [-0.4, -0.2) is 47.6 Å². The third-order valence-electron chi connectivity index (χ3n) is 3.60. The molecule has 1 fully saturated rings. The number of imide groups is 1. The van der Waals surface area contributed by atoms with Crippen molar-refractivity contribution in [3.63, 3.8) is 0 Å². The standard InChI is InChI=1S/C15H20N2O3/c1-11-9-17(8-7-13(11)18)10-14(19)16-15(20)12-5-3-2-4-6-12/h2-6,11,13,18H,7-10H2,1H3,(H,16,19,20). The summed E-state index contributed by atoms with van der Waals surface area (Å²) in [4.78, 5) is 25.6. The lowest BCUT2D eigenvalue weighted by atomic mass is 9.97. The number of piperidine rings is 1. The first-order valence-corrected chi connectivity index (χ1v) is 6.86. The number of likely N-dealkylation sites (tertiary alicyclic amines) is 1. The van der Waals surface area contributed by atoms with Gasteiger partial charge >= 0.3 is 0 Å². The molecular formula is C15H20N2O3. The van der Waals surface area contributed by atoms with Crippen LogP contribution in [0.1, 0.15) is 23.7 Å². The van der Waals surface area contributed by atoms with Gasteiger partial charge in [0.15, 0.2) is 0 Å². The summed E-state index contributed by atoms with van der Waals surface area (Å²) in [5.74, 6) is -0.524. The Morgan fingerprint density at radius 2 is 2.05 bits per heavy atom. The second-order valence-electron chi connectivity index (χ2n) is 5.31. The minimum Gasteiger partial charge on any atom is -0.393 e. The van der Waals surface area contributed by atoms with Crippen molar-refractivity contribution in [1.29, 1.82) is 0 Å². The number of benzene rings is 1. The van der Waals surface area contributed by atoms with Gasteiger partial charge in [0.2, 0.25) is 5.91 Å². The third kappa shape index (κ3) is 3.88. The van der Waals surface area contributed by atoms with Crippen LogP contribution in [0.25, 0.3) is 0 Å². The van der Waals surface area contributed by atoms with E-state index in [1.165, 1.54) is 0 Å². The van der Waals surface area contributed by atoms with E-state index < -0.39 is 0 Å². The molecule has 5 nitrogen and oxygen atoms in total. The molecular weight excluding hydrogens is 256 g/mol. The van der Waals surface area contributed by atoms with Gasteiger partial charge in [-0.05, 0) is 24.5 Å². The number of nitrogens with zero attached hydrogens (tertiary/aromatic N) is 1. The highest BCUT2D eigenvalue weighted by Gasteiger charge is 2.25. The number of carbonyl (C=O) groups excluding carboxylic acids is 2. The summed E-state index contributed by atoms with van der Waals surface area (Å²) in [7, 11) is 0. The van der Waals surface area contributed by atoms with Gasteiger partial charge in [-0.1, -0.05) is 25.1 Å². The van der Waals surface area contributed by atoms with E-state index in [4.69, 9.17) is 0 Å². The molecule has 5 heteroatoms. The van der Waals surface area contributed by atoms with Gasteiger partial charge in [0.1, 0.15) is 0 Å². The van der Waals surface area contributed by atoms with Crippen LogP contribution in [-0.2, 0) is 4.79 Å². The highest BCUT2D eigenvalue weighted by molar-refractivity contribution is 6.05. The van der Waals surface area contributed by atoms with E-state index in [9.17, 15) is 14.7 Å². The minimum absolute atomic E-state index is 0.154. The first-order chi connectivity index (χ1) is 9.56. The van der Waals surface area contributed by atoms with Crippen LogP contribution in [0.15, 0.2) is 30.3 Å². The van der Waals surface area contributed by atoms with Crippen molar-refractivity contribution < 1.29 is 14.7 Å². The molecule has 2 amide bonds. The molecule has 1 heterocycles. The number of rotatable bonds is 3. The van der Waals surface area contributed by atoms with Crippen molar-refractivity contribution >= 4 is 11.8 Å². The largest absolute Gasteiger partial charge is 0.393 e. The van der Waals surface area contributed by atoms with E-state index in [1.54, 1.807) is 24.3 Å². The van der Waals surface area contributed by atoms with Crippen LogP contribution < -0.4 is 5.32 Å². The van der Waals surface area contributed by atoms with Crippen LogP contribution >= 0.6 is 0 Å². The lowest BCUT2D eigenvalue weighted by Gasteiger charge is -2.33. The summed E-state index contributed by atoms with van der Waals surface area (Å²) < 4.78 is 0. The second kappa shape index (κ2) is 6.63. The van der Waals surface area contributed by atoms with Crippen molar-refractivity contribution in [3.05, 3.63) is 35.9 Å². The molecule has 0 bridgehead atoms. The monoisotopic (exact) mass is 276 g/mol. The lowest BCUT2D eigenvalue weighted by molar-refractivity contribution is -0.122. The smallest absolute Gasteiger partial charge is 0.257 e. The van der Waals surface area contributed by atoms with E-state index in [-0.39, 0.29) is 30.4 Å². The molecule has 20 heavy (non-hydrogen) atoms. The highest BCUT2D eigenvalue weighted by Crippen LogP contribution is 2.15. The first kappa shape index (κ1) is 14.7. The predicted octanol–water partition coefficient (Wildman–Crippen LogP) is 0.646. The molecule has 2 N–H and O–H groups in total. The molecule has 2 rings (SSSR count). The highest BCUT2D eigenvalue weighted by atomic mass is 16.3. The van der Waals surface area contributed by atoms with Gasteiger partial charge in [0.25, 0.3) is 5.91 Å². The third-order valence-corrected chi connectivity index (χ3v) is 3.60. The van der Waals surface area contributed by atoms with Crippen LogP contribution in [0.5, 0.6) is 0 Å². The van der Waals surface area contributed by atoms with E-state index >= 15 is 0 Å². The zero-order chi connectivity index (χ0) is 14.5. The molecule has 0 saturated carbocycles. The van der Waals surface area contributed by atoms with Gasteiger partial charge in [-0.3, -0.25) is 19.8 Å². The Balaban J connectivity index is 1.82. The summed E-state index contributed by atoms with van der Waals surface area (Å²) in [6, 6.07) is 8.67. The zero-order valence-electron chi connectivity index (χ0n) is 11.6. The van der Waals surface area contributed by atoms with Gasteiger partial charge in [-0.15, -0.1) is 0 Å². The summed E-state index contributed by atoms with van der Waals surface area (Å²) >= 11 is 0. The molecule has 0 spiro atoms. The Morgan fingerprint density at radius 3 is 2.70 bits per heavy atom. The molecule has 2 atom stereocenters. The fourth-order valence-electron chi connectivity index (χ4n) is 2.39. The lowest BCUT2D eigenvalue weighted by Crippen LogP contribution is -2.47. The molecule has 0 aliphatic carbocycles. The quantitative estimate of drug-likeness (QED) is 0.850. The summed E-state index contributed by atoms with van der Waals surface area (Å²) in [5, 5.41) is 12.0. The van der Waals surface area contributed by atoms with E-state index in [0.29, 0.717) is 25.1 Å². The van der Waals surface area contributed by atoms with Crippen LogP contribution in [0, 0.1) is 5.92 Å². The summed E-state index contributed by atoms with van der Waals surface area (Å²) in [5.41, 5.74) is 0.475. The number of aliphatic hydroxyl groups excluding tert-OH is 1. The molecule has 0 aromatic heterocycles. The first-order valence-electron chi connectivity index (χ1n) is 6.86. The minimum atomic E-state index is -0.374. The molecule has 108 valence electrons. The van der Waals surface area contributed by atoms with Crippen LogP contribution in [0.4, 0.5) is 0 Å². The molecule has 1 aromatic rings. The fourth-order valence-corrected chi connectivity index (χ4v) is 2.39. The van der Waals surface area contributed by atoms with E-state index in [1.807, 2.05) is 17.9 Å². The maximum atomic E-state index is 11.8. The number of nitrogens with one attached hydrogen (secondary N) is 1. The fraction of sp³-hybridized carbons (Fsp3) is 0.467. The zero-order valence-corrected chi connectivity index (χ0v) is 11.6. The van der Waals surface area contributed by atoms with Crippen molar-refractivity contribution in [2.24, 2.45) is 5.92 Å². The van der Waals surface area contributed by atoms with Gasteiger partial charge < -0.3 is 5.11 Å². The number of hydrogen-bond donors (Lipinski definition) is 2. The molecule has 1 aliphatic rings. The molecule has 1 aliphatic heterocycles. The van der Waals surface area contributed by atoms with Gasteiger partial charge in [-0.25, -0.2) is 0 Å². The summed E-state index contributed by atoms with van der Waals surface area (Å²) in [6.07, 6.45) is 0.376. The molecule has 1 saturated heterocycles. The molecule has 0 radical (unpaired) electrons. The number of amides is 2. The van der Waals surface area contributed by atoms with Crippen LogP contribution in [0.3, 0.4) is 0 Å².